The Morgan fingerprint density at radius 2 is 1.25 bits per heavy atom. The van der Waals surface area contributed by atoms with Gasteiger partial charge in [-0.2, -0.15) is 0 Å². The first-order valence-electron chi connectivity index (χ1n) is 0.224. The SMILES string of the molecule is [C-]#N.[Fe].[Ni]. The molecule has 0 rings (SSSR count). The minimum atomic E-state index is 0. The average molecular weight is 141 g/mol. The molecule has 0 amide bonds. The minimum absolute atomic E-state index is 0. The molecular weight excluding hydrogens is 141 g/mol. The normalized spacial score (nSPS) is 0.500. The van der Waals surface area contributed by atoms with Crippen LogP contribution in [-0.2, 0) is 33.6 Å². The van der Waals surface area contributed by atoms with E-state index in [0.717, 1.165) is 0 Å². The van der Waals surface area contributed by atoms with Crippen LogP contribution in [-0.4, -0.2) is 0 Å². The molecule has 0 aliphatic heterocycles. The van der Waals surface area contributed by atoms with Crippen LogP contribution in [0.15, 0.2) is 0 Å². The number of rotatable bonds is 0. The molecule has 0 aliphatic carbocycles. The van der Waals surface area contributed by atoms with E-state index in [9.17, 15) is 0 Å². The molecule has 0 aromatic rings. The number of nitrogens with zero attached hydrogens (tertiary/aromatic N) is 1. The van der Waals surface area contributed by atoms with Gasteiger partial charge in [-0.1, -0.05) is 0 Å². The summed E-state index contributed by atoms with van der Waals surface area (Å²) in [5.74, 6) is 0. The second-order valence-corrected chi connectivity index (χ2v) is 0. The van der Waals surface area contributed by atoms with Crippen molar-refractivity contribution < 1.29 is 33.6 Å². The smallest absolute Gasteiger partial charge is 0 e. The van der Waals surface area contributed by atoms with Gasteiger partial charge >= 0.3 is 0 Å². The first kappa shape index (κ1) is 24.5. The molecule has 0 aromatic carbocycles. The van der Waals surface area contributed by atoms with Gasteiger partial charge in [-0.15, -0.1) is 0 Å². The molecular formula is CFeNNi-. The summed E-state index contributed by atoms with van der Waals surface area (Å²) in [5, 5.41) is 6.25. The van der Waals surface area contributed by atoms with Crippen LogP contribution in [0.25, 0.3) is 0 Å². The molecule has 0 N–H and O–H groups in total. The zero-order valence-electron chi connectivity index (χ0n) is 1.62. The number of hydrogen-bond acceptors (Lipinski definition) is 1. The van der Waals surface area contributed by atoms with Gasteiger partial charge in [0.15, 0.2) is 0 Å². The molecule has 0 saturated heterocycles. The summed E-state index contributed by atoms with van der Waals surface area (Å²) < 4.78 is 0. The minimum Gasteiger partial charge on any atom is -0.512 e. The fourth-order valence-electron chi connectivity index (χ4n) is 0. The largest absolute Gasteiger partial charge is 0.512 e. The standard InChI is InChI=1S/CN.Fe.Ni/c1-2;;/q-1;;. The van der Waals surface area contributed by atoms with Gasteiger partial charge in [0.05, 0.1) is 0 Å². The predicted octanol–water partition coefficient (Wildman–Crippen LogP) is 0.0914. The first-order chi connectivity index (χ1) is 1.00. The maximum atomic E-state index is 6.25. The summed E-state index contributed by atoms with van der Waals surface area (Å²) >= 11 is 0. The third kappa shape index (κ3) is 22.3. The van der Waals surface area contributed by atoms with Crippen LogP contribution in [0, 0.1) is 11.8 Å². The molecule has 1 nitrogen and oxygen atoms in total. The maximum absolute atomic E-state index is 6.25. The van der Waals surface area contributed by atoms with E-state index in [-0.39, 0.29) is 33.6 Å². The Bertz CT molecular complexity index is 12.8. The van der Waals surface area contributed by atoms with Crippen LogP contribution in [0.2, 0.25) is 0 Å². The summed E-state index contributed by atoms with van der Waals surface area (Å²) in [6.45, 7) is 4.75. The van der Waals surface area contributed by atoms with E-state index in [0.29, 0.717) is 0 Å². The Morgan fingerprint density at radius 3 is 1.25 bits per heavy atom. The summed E-state index contributed by atoms with van der Waals surface area (Å²) in [7, 11) is 0. The van der Waals surface area contributed by atoms with Crippen molar-refractivity contribution in [3.8, 4) is 0 Å². The fraction of sp³-hybridized carbons (Fsp3) is 0. The van der Waals surface area contributed by atoms with E-state index in [4.69, 9.17) is 11.8 Å². The quantitative estimate of drug-likeness (QED) is 0.346. The molecule has 0 aliphatic rings. The van der Waals surface area contributed by atoms with Crippen LogP contribution < -0.4 is 0 Å². The molecule has 0 bridgehead atoms. The Balaban J connectivity index is -0.00000000500. The van der Waals surface area contributed by atoms with E-state index in [1.807, 2.05) is 0 Å². The van der Waals surface area contributed by atoms with E-state index in [1.165, 1.54) is 0 Å². The van der Waals surface area contributed by atoms with Crippen LogP contribution in [0.5, 0.6) is 0 Å². The van der Waals surface area contributed by atoms with Gasteiger partial charge in [0.2, 0.25) is 0 Å². The summed E-state index contributed by atoms with van der Waals surface area (Å²) in [6.07, 6.45) is 0. The molecule has 0 aromatic heterocycles. The summed E-state index contributed by atoms with van der Waals surface area (Å²) in [4.78, 5) is 0. The molecule has 0 fully saturated rings. The third-order valence-electron chi connectivity index (χ3n) is 0. The maximum Gasteiger partial charge on any atom is 0 e. The second kappa shape index (κ2) is 86.7. The van der Waals surface area contributed by atoms with Crippen LogP contribution in [0.3, 0.4) is 0 Å². The Hall–Kier alpha value is 0.503. The summed E-state index contributed by atoms with van der Waals surface area (Å²) in [5.41, 5.74) is 0. The summed E-state index contributed by atoms with van der Waals surface area (Å²) in [6, 6.07) is 0. The van der Waals surface area contributed by atoms with Gasteiger partial charge in [-0.3, -0.25) is 0 Å². The van der Waals surface area contributed by atoms with Gasteiger partial charge in [-0.25, -0.2) is 0 Å². The van der Waals surface area contributed by atoms with Gasteiger partial charge in [0, 0.05) is 33.6 Å². The van der Waals surface area contributed by atoms with Crippen molar-refractivity contribution in [2.24, 2.45) is 0 Å². The molecule has 0 unspecified atom stereocenters. The topological polar surface area (TPSA) is 23.8 Å². The monoisotopic (exact) mass is 140 g/mol. The average Bonchev–Trinajstić information content (AvgIpc) is 1.00. The molecule has 0 atom stereocenters. The van der Waals surface area contributed by atoms with Crippen molar-refractivity contribution in [1.29, 1.82) is 5.26 Å². The first-order valence-corrected chi connectivity index (χ1v) is 0.224. The molecule has 0 heterocycles. The molecule has 4 heavy (non-hydrogen) atoms. The van der Waals surface area contributed by atoms with Gasteiger partial charge in [0.25, 0.3) is 0 Å². The van der Waals surface area contributed by atoms with Gasteiger partial charge in [0.1, 0.15) is 0 Å². The fourth-order valence-corrected chi connectivity index (χ4v) is 0. The van der Waals surface area contributed by atoms with Crippen LogP contribution in [0.1, 0.15) is 0 Å². The Morgan fingerprint density at radius 1 is 1.25 bits per heavy atom. The molecule has 3 heteroatoms. The Kier molecular flexibility index (Phi) is 530. The Labute approximate surface area is 45.8 Å². The second-order valence-electron chi connectivity index (χ2n) is 0. The third-order valence-corrected chi connectivity index (χ3v) is 0. The van der Waals surface area contributed by atoms with Crippen molar-refractivity contribution in [1.82, 2.24) is 0 Å². The van der Waals surface area contributed by atoms with Gasteiger partial charge < -0.3 is 11.8 Å². The zero-order chi connectivity index (χ0) is 2.00. The predicted molar refractivity (Wildman–Crippen MR) is 4.97 cm³/mol. The van der Waals surface area contributed by atoms with Crippen LogP contribution in [0.4, 0.5) is 0 Å². The van der Waals surface area contributed by atoms with E-state index in [1.54, 1.807) is 0 Å². The zero-order valence-corrected chi connectivity index (χ0v) is 3.71. The van der Waals surface area contributed by atoms with E-state index < -0.39 is 0 Å². The van der Waals surface area contributed by atoms with Crippen molar-refractivity contribution in [3.63, 3.8) is 0 Å². The molecule has 0 saturated carbocycles. The van der Waals surface area contributed by atoms with Crippen molar-refractivity contribution >= 4 is 0 Å². The van der Waals surface area contributed by atoms with E-state index >= 15 is 0 Å². The van der Waals surface area contributed by atoms with Crippen LogP contribution >= 0.6 is 0 Å². The molecule has 0 spiro atoms. The molecule has 28 valence electrons. The van der Waals surface area contributed by atoms with Crippen molar-refractivity contribution in [2.75, 3.05) is 0 Å². The molecule has 0 radical (unpaired) electrons. The van der Waals surface area contributed by atoms with E-state index in [2.05, 4.69) is 0 Å². The van der Waals surface area contributed by atoms with Crippen molar-refractivity contribution in [2.45, 2.75) is 0 Å². The van der Waals surface area contributed by atoms with Gasteiger partial charge in [-0.05, 0) is 0 Å². The number of hydrogen-bond donors (Lipinski definition) is 0. The van der Waals surface area contributed by atoms with Crippen molar-refractivity contribution in [3.05, 3.63) is 6.57 Å².